The van der Waals surface area contributed by atoms with E-state index in [2.05, 4.69) is 0 Å². The third-order valence-corrected chi connectivity index (χ3v) is 7.17. The highest BCUT2D eigenvalue weighted by Gasteiger charge is 2.49. The molecule has 5 nitrogen and oxygen atoms in total. The van der Waals surface area contributed by atoms with E-state index in [9.17, 15) is 18.3 Å². The van der Waals surface area contributed by atoms with Crippen molar-refractivity contribution in [3.63, 3.8) is 0 Å². The molecule has 19 heavy (non-hydrogen) atoms. The van der Waals surface area contributed by atoms with E-state index in [0.29, 0.717) is 19.4 Å². The minimum absolute atomic E-state index is 0.282. The van der Waals surface area contributed by atoms with Gasteiger partial charge in [0, 0.05) is 6.61 Å². The van der Waals surface area contributed by atoms with Crippen LogP contribution in [0.1, 0.15) is 46.0 Å². The van der Waals surface area contributed by atoms with E-state index in [1.54, 1.807) is 13.8 Å². The van der Waals surface area contributed by atoms with Crippen LogP contribution in [-0.2, 0) is 19.4 Å². The Labute approximate surface area is 114 Å². The molecule has 2 unspecified atom stereocenters. The largest absolute Gasteiger partial charge is 0.480 e. The van der Waals surface area contributed by atoms with E-state index in [1.165, 1.54) is 0 Å². The Morgan fingerprint density at radius 1 is 1.37 bits per heavy atom. The lowest BCUT2D eigenvalue weighted by molar-refractivity contribution is -0.137. The number of carbonyl (C=O) groups is 1. The van der Waals surface area contributed by atoms with Crippen LogP contribution in [-0.4, -0.2) is 42.2 Å². The zero-order chi connectivity index (χ0) is 14.3. The molecule has 0 radical (unpaired) electrons. The summed E-state index contributed by atoms with van der Waals surface area (Å²) in [5, 5.41) is 7.34. The van der Waals surface area contributed by atoms with Crippen LogP contribution in [0.4, 0.5) is 0 Å². The van der Waals surface area contributed by atoms with Crippen molar-refractivity contribution in [3.05, 3.63) is 0 Å². The van der Waals surface area contributed by atoms with E-state index >= 15 is 0 Å². The zero-order valence-corrected chi connectivity index (χ0v) is 12.3. The van der Waals surface area contributed by atoms with Crippen molar-refractivity contribution in [1.29, 1.82) is 0 Å². The first-order chi connectivity index (χ1) is 8.78. The van der Waals surface area contributed by atoms with Crippen LogP contribution >= 0.6 is 0 Å². The molecule has 2 atom stereocenters. The highest BCUT2D eigenvalue weighted by Crippen LogP contribution is 2.44. The second kappa shape index (κ2) is 5.05. The molecule has 0 aromatic rings. The number of sulfone groups is 1. The Bertz CT molecular complexity index is 450. The molecule has 1 N–H and O–H groups in total. The minimum Gasteiger partial charge on any atom is -0.480 e. The predicted octanol–water partition coefficient (Wildman–Crippen LogP) is 1.61. The summed E-state index contributed by atoms with van der Waals surface area (Å²) in [4.78, 5) is 11.3. The van der Waals surface area contributed by atoms with E-state index in [4.69, 9.17) is 4.74 Å². The fourth-order valence-electron chi connectivity index (χ4n) is 3.20. The Hall–Kier alpha value is -0.620. The molecule has 1 saturated carbocycles. The molecule has 0 bridgehead atoms. The van der Waals surface area contributed by atoms with Crippen LogP contribution < -0.4 is 0 Å². The topological polar surface area (TPSA) is 80.7 Å². The van der Waals surface area contributed by atoms with E-state index in [0.717, 1.165) is 19.3 Å². The summed E-state index contributed by atoms with van der Waals surface area (Å²) in [5.74, 6) is -1.65. The molecule has 1 aliphatic carbocycles. The molecule has 1 heterocycles. The third kappa shape index (κ3) is 2.65. The Balaban J connectivity index is 2.20. The zero-order valence-electron chi connectivity index (χ0n) is 11.5. The molecule has 2 aliphatic rings. The Kier molecular flexibility index (Phi) is 3.93. The Morgan fingerprint density at radius 3 is 2.42 bits per heavy atom. The molecule has 6 heteroatoms. The lowest BCUT2D eigenvalue weighted by Crippen LogP contribution is -2.52. The van der Waals surface area contributed by atoms with Crippen molar-refractivity contribution in [2.24, 2.45) is 5.92 Å². The average Bonchev–Trinajstić information content (AvgIpc) is 2.25. The maximum atomic E-state index is 12.6. The second-order valence-electron chi connectivity index (χ2n) is 6.09. The van der Waals surface area contributed by atoms with Gasteiger partial charge < -0.3 is 9.84 Å². The van der Waals surface area contributed by atoms with Gasteiger partial charge in [-0.2, -0.15) is 0 Å². The van der Waals surface area contributed by atoms with Crippen molar-refractivity contribution in [2.75, 3.05) is 6.61 Å². The van der Waals surface area contributed by atoms with Gasteiger partial charge in [0.15, 0.2) is 15.1 Å². The van der Waals surface area contributed by atoms with Gasteiger partial charge in [0.2, 0.25) is 0 Å². The molecule has 1 aliphatic heterocycles. The van der Waals surface area contributed by atoms with E-state index < -0.39 is 32.2 Å². The molecule has 1 spiro atoms. The van der Waals surface area contributed by atoms with Crippen LogP contribution in [0, 0.1) is 5.92 Å². The first-order valence-electron chi connectivity index (χ1n) is 6.88. The number of ether oxygens (including phenoxy) is 1. The molecule has 2 fully saturated rings. The molecule has 2 rings (SSSR count). The summed E-state index contributed by atoms with van der Waals surface area (Å²) in [6, 6.07) is 0. The van der Waals surface area contributed by atoms with Gasteiger partial charge in [-0.25, -0.2) is 8.42 Å². The first-order valence-corrected chi connectivity index (χ1v) is 8.49. The maximum Gasteiger partial charge on any atom is 0.322 e. The average molecular weight is 290 g/mol. The number of rotatable bonds is 4. The summed E-state index contributed by atoms with van der Waals surface area (Å²) < 4.78 is 30.8. The smallest absolute Gasteiger partial charge is 0.322 e. The normalized spacial score (nSPS) is 28.1. The monoisotopic (exact) mass is 290 g/mol. The maximum absolute atomic E-state index is 12.6. The fourth-order valence-corrected chi connectivity index (χ4v) is 5.61. The standard InChI is InChI=1S/C13H22O5S/c1-9(2)11(12(14)15)19(16,17)10-4-7-18-13(8-10)5-3-6-13/h9-11H,3-8H2,1-2H3,(H,14,15). The van der Waals surface area contributed by atoms with Crippen molar-refractivity contribution in [2.45, 2.75) is 62.1 Å². The predicted molar refractivity (Wildman–Crippen MR) is 70.7 cm³/mol. The number of carboxylic acids is 1. The second-order valence-corrected chi connectivity index (χ2v) is 8.44. The summed E-state index contributed by atoms with van der Waals surface area (Å²) in [6.07, 6.45) is 3.75. The summed E-state index contributed by atoms with van der Waals surface area (Å²) in [7, 11) is -3.65. The van der Waals surface area contributed by atoms with Gasteiger partial charge in [-0.3, -0.25) is 4.79 Å². The SMILES string of the molecule is CC(C)C(C(=O)O)S(=O)(=O)C1CCOC2(CCC2)C1. The number of aliphatic carboxylic acids is 1. The fraction of sp³-hybridized carbons (Fsp3) is 0.923. The third-order valence-electron chi connectivity index (χ3n) is 4.38. The minimum atomic E-state index is -3.65. The van der Waals surface area contributed by atoms with Crippen molar-refractivity contribution in [1.82, 2.24) is 0 Å². The highest BCUT2D eigenvalue weighted by molar-refractivity contribution is 7.93. The van der Waals surface area contributed by atoms with Crippen molar-refractivity contribution < 1.29 is 23.1 Å². The van der Waals surface area contributed by atoms with Gasteiger partial charge in [-0.15, -0.1) is 0 Å². The van der Waals surface area contributed by atoms with Crippen LogP contribution in [0.25, 0.3) is 0 Å². The van der Waals surface area contributed by atoms with Gasteiger partial charge in [-0.1, -0.05) is 13.8 Å². The lowest BCUT2D eigenvalue weighted by atomic mass is 9.75. The van der Waals surface area contributed by atoms with Crippen LogP contribution in [0.3, 0.4) is 0 Å². The van der Waals surface area contributed by atoms with E-state index in [-0.39, 0.29) is 5.60 Å². The van der Waals surface area contributed by atoms with Crippen molar-refractivity contribution in [3.8, 4) is 0 Å². The van der Waals surface area contributed by atoms with Gasteiger partial charge in [-0.05, 0) is 38.0 Å². The van der Waals surface area contributed by atoms with Gasteiger partial charge in [0.1, 0.15) is 0 Å². The number of hydrogen-bond donors (Lipinski definition) is 1. The number of carboxylic acid groups (broad SMARTS) is 1. The van der Waals surface area contributed by atoms with Crippen LogP contribution in [0.5, 0.6) is 0 Å². The molecular formula is C13H22O5S. The number of hydrogen-bond acceptors (Lipinski definition) is 4. The van der Waals surface area contributed by atoms with Gasteiger partial charge in [0.25, 0.3) is 0 Å². The quantitative estimate of drug-likeness (QED) is 0.850. The molecule has 0 aromatic heterocycles. The first kappa shape index (κ1) is 14.8. The lowest BCUT2D eigenvalue weighted by Gasteiger charge is -2.47. The molecule has 0 aromatic carbocycles. The van der Waals surface area contributed by atoms with E-state index in [1.807, 2.05) is 0 Å². The molecule has 1 saturated heterocycles. The van der Waals surface area contributed by atoms with Crippen molar-refractivity contribution >= 4 is 15.8 Å². The summed E-state index contributed by atoms with van der Waals surface area (Å²) in [5.41, 5.74) is -0.282. The Morgan fingerprint density at radius 2 is 2.00 bits per heavy atom. The van der Waals surface area contributed by atoms with Crippen LogP contribution in [0.2, 0.25) is 0 Å². The van der Waals surface area contributed by atoms with Gasteiger partial charge >= 0.3 is 5.97 Å². The molecule has 110 valence electrons. The molecule has 0 amide bonds. The molecular weight excluding hydrogens is 268 g/mol. The highest BCUT2D eigenvalue weighted by atomic mass is 32.2. The van der Waals surface area contributed by atoms with Gasteiger partial charge in [0.05, 0.1) is 10.9 Å². The van der Waals surface area contributed by atoms with Crippen LogP contribution in [0.15, 0.2) is 0 Å². The summed E-state index contributed by atoms with van der Waals surface area (Å²) in [6.45, 7) is 3.72. The summed E-state index contributed by atoms with van der Waals surface area (Å²) >= 11 is 0.